The minimum absolute atomic E-state index is 0.00973. The number of carbonyl (C=O) groups excluding carboxylic acids is 1. The number of rotatable bonds is 7. The summed E-state index contributed by atoms with van der Waals surface area (Å²) in [5, 5.41) is 2.98. The Hall–Kier alpha value is -2.69. The third-order valence-electron chi connectivity index (χ3n) is 4.96. The van der Waals surface area contributed by atoms with Gasteiger partial charge in [-0.3, -0.25) is 4.79 Å². The van der Waals surface area contributed by atoms with E-state index >= 15 is 0 Å². The lowest BCUT2D eigenvalue weighted by atomic mass is 10.1. The number of anilines is 2. The van der Waals surface area contributed by atoms with Crippen LogP contribution >= 0.6 is 0 Å². The van der Waals surface area contributed by atoms with E-state index in [0.29, 0.717) is 24.3 Å². The zero-order valence-corrected chi connectivity index (χ0v) is 16.2. The fourth-order valence-electron chi connectivity index (χ4n) is 3.43. The molecule has 0 aromatic heterocycles. The van der Waals surface area contributed by atoms with Gasteiger partial charge in [-0.2, -0.15) is 0 Å². The minimum Gasteiger partial charge on any atom is -0.493 e. The highest BCUT2D eigenvalue weighted by atomic mass is 16.5. The molecular weight excluding hydrogens is 340 g/mol. The quantitative estimate of drug-likeness (QED) is 0.793. The predicted molar refractivity (Wildman–Crippen MR) is 109 cm³/mol. The van der Waals surface area contributed by atoms with Gasteiger partial charge in [0.05, 0.1) is 14.2 Å². The monoisotopic (exact) mass is 368 g/mol. The third-order valence-corrected chi connectivity index (χ3v) is 4.96. The summed E-state index contributed by atoms with van der Waals surface area (Å²) in [5.74, 6) is 1.39. The number of nitrogens with one attached hydrogen (secondary N) is 1. The molecule has 0 unspecified atom stereocenters. The van der Waals surface area contributed by atoms with Crippen LogP contribution in [0.25, 0.3) is 0 Å². The lowest BCUT2D eigenvalue weighted by Gasteiger charge is -2.28. The van der Waals surface area contributed by atoms with Crippen molar-refractivity contribution < 1.29 is 14.3 Å². The molecule has 144 valence electrons. The third kappa shape index (κ3) is 5.16. The summed E-state index contributed by atoms with van der Waals surface area (Å²) in [6.07, 6.45) is 4.91. The van der Waals surface area contributed by atoms with Crippen molar-refractivity contribution in [3.63, 3.8) is 0 Å². The second kappa shape index (κ2) is 9.31. The van der Waals surface area contributed by atoms with Gasteiger partial charge in [-0.15, -0.1) is 0 Å². The number of hydrogen-bond donors (Lipinski definition) is 1. The highest BCUT2D eigenvalue weighted by Gasteiger charge is 2.11. The van der Waals surface area contributed by atoms with E-state index in [9.17, 15) is 4.79 Å². The largest absolute Gasteiger partial charge is 0.493 e. The Balaban J connectivity index is 1.51. The first-order valence-electron chi connectivity index (χ1n) is 9.55. The molecule has 1 amide bonds. The van der Waals surface area contributed by atoms with Crippen molar-refractivity contribution in [2.75, 3.05) is 37.5 Å². The molecule has 27 heavy (non-hydrogen) atoms. The van der Waals surface area contributed by atoms with Gasteiger partial charge in [0.2, 0.25) is 5.91 Å². The average molecular weight is 368 g/mol. The van der Waals surface area contributed by atoms with Crippen LogP contribution in [0.1, 0.15) is 31.2 Å². The molecule has 1 aliphatic heterocycles. The fourth-order valence-corrected chi connectivity index (χ4v) is 3.43. The van der Waals surface area contributed by atoms with Gasteiger partial charge in [0.15, 0.2) is 11.5 Å². The number of aryl methyl sites for hydroxylation is 1. The zero-order valence-electron chi connectivity index (χ0n) is 16.2. The van der Waals surface area contributed by atoms with Crippen LogP contribution in [0, 0.1) is 0 Å². The second-order valence-electron chi connectivity index (χ2n) is 6.83. The molecule has 0 spiro atoms. The molecular formula is C22H28N2O3. The maximum absolute atomic E-state index is 12.3. The van der Waals surface area contributed by atoms with Crippen LogP contribution in [-0.2, 0) is 11.2 Å². The molecule has 0 aliphatic carbocycles. The number of ether oxygens (including phenoxy) is 2. The number of carbonyl (C=O) groups is 1. The summed E-state index contributed by atoms with van der Waals surface area (Å²) in [5.41, 5.74) is 3.12. The van der Waals surface area contributed by atoms with E-state index in [0.717, 1.165) is 24.3 Å². The van der Waals surface area contributed by atoms with E-state index in [-0.39, 0.29) is 5.91 Å². The summed E-state index contributed by atoms with van der Waals surface area (Å²) >= 11 is 0. The van der Waals surface area contributed by atoms with E-state index in [1.165, 1.54) is 24.9 Å². The predicted octanol–water partition coefficient (Wildman–Crippen LogP) is 4.27. The fraction of sp³-hybridized carbons (Fsp3) is 0.409. The van der Waals surface area contributed by atoms with E-state index in [2.05, 4.69) is 22.3 Å². The number of piperidine rings is 1. The Labute approximate surface area is 161 Å². The SMILES string of the molecule is COc1ccc(CCC(=O)Nc2ccc(N3CCCCC3)cc2)cc1OC. The smallest absolute Gasteiger partial charge is 0.224 e. The first-order valence-corrected chi connectivity index (χ1v) is 9.55. The van der Waals surface area contributed by atoms with Crippen molar-refractivity contribution in [1.82, 2.24) is 0 Å². The number of hydrogen-bond acceptors (Lipinski definition) is 4. The van der Waals surface area contributed by atoms with Gasteiger partial charge in [-0.05, 0) is 67.6 Å². The molecule has 2 aromatic rings. The number of benzene rings is 2. The Morgan fingerprint density at radius 3 is 2.33 bits per heavy atom. The average Bonchev–Trinajstić information content (AvgIpc) is 2.73. The van der Waals surface area contributed by atoms with Crippen LogP contribution < -0.4 is 19.7 Å². The van der Waals surface area contributed by atoms with Crippen LogP contribution in [0.2, 0.25) is 0 Å². The number of amides is 1. The van der Waals surface area contributed by atoms with E-state index in [4.69, 9.17) is 9.47 Å². The number of methoxy groups -OCH3 is 2. The molecule has 0 radical (unpaired) electrons. The van der Waals surface area contributed by atoms with Crippen LogP contribution in [0.5, 0.6) is 11.5 Å². The Kier molecular flexibility index (Phi) is 6.58. The molecule has 1 N–H and O–H groups in total. The lowest BCUT2D eigenvalue weighted by Crippen LogP contribution is -2.29. The summed E-state index contributed by atoms with van der Waals surface area (Å²) in [6, 6.07) is 13.9. The van der Waals surface area contributed by atoms with Gasteiger partial charge in [0, 0.05) is 30.9 Å². The van der Waals surface area contributed by atoms with Crippen LogP contribution in [0.3, 0.4) is 0 Å². The first-order chi connectivity index (χ1) is 13.2. The zero-order chi connectivity index (χ0) is 19.1. The molecule has 0 bridgehead atoms. The van der Waals surface area contributed by atoms with Gasteiger partial charge in [-0.25, -0.2) is 0 Å². The second-order valence-corrected chi connectivity index (χ2v) is 6.83. The standard InChI is InChI=1S/C22H28N2O3/c1-26-20-12-6-17(16-21(20)27-2)7-13-22(25)23-18-8-10-19(11-9-18)24-14-4-3-5-15-24/h6,8-12,16H,3-5,7,13-15H2,1-2H3,(H,23,25). The topological polar surface area (TPSA) is 50.8 Å². The molecule has 1 heterocycles. The minimum atomic E-state index is 0.00973. The van der Waals surface area contributed by atoms with Gasteiger partial charge in [0.25, 0.3) is 0 Å². The molecule has 1 aliphatic rings. The summed E-state index contributed by atoms with van der Waals surface area (Å²) in [4.78, 5) is 14.7. The van der Waals surface area contributed by atoms with E-state index in [1.807, 2.05) is 30.3 Å². The van der Waals surface area contributed by atoms with Crippen molar-refractivity contribution in [3.05, 3.63) is 48.0 Å². The molecule has 1 saturated heterocycles. The van der Waals surface area contributed by atoms with Crippen molar-refractivity contribution in [2.45, 2.75) is 32.1 Å². The highest BCUT2D eigenvalue weighted by molar-refractivity contribution is 5.91. The van der Waals surface area contributed by atoms with E-state index < -0.39 is 0 Å². The molecule has 0 saturated carbocycles. The van der Waals surface area contributed by atoms with Gasteiger partial charge in [0.1, 0.15) is 0 Å². The van der Waals surface area contributed by atoms with Crippen LogP contribution in [-0.4, -0.2) is 33.2 Å². The van der Waals surface area contributed by atoms with Crippen molar-refractivity contribution in [2.24, 2.45) is 0 Å². The van der Waals surface area contributed by atoms with Crippen LogP contribution in [0.15, 0.2) is 42.5 Å². The maximum atomic E-state index is 12.3. The van der Waals surface area contributed by atoms with E-state index in [1.54, 1.807) is 14.2 Å². The van der Waals surface area contributed by atoms with Crippen molar-refractivity contribution in [1.29, 1.82) is 0 Å². The molecule has 2 aromatic carbocycles. The molecule has 5 nitrogen and oxygen atoms in total. The molecule has 1 fully saturated rings. The molecule has 0 atom stereocenters. The van der Waals surface area contributed by atoms with Gasteiger partial charge >= 0.3 is 0 Å². The Bertz CT molecular complexity index is 753. The summed E-state index contributed by atoms with van der Waals surface area (Å²) < 4.78 is 10.6. The van der Waals surface area contributed by atoms with Crippen molar-refractivity contribution >= 4 is 17.3 Å². The highest BCUT2D eigenvalue weighted by Crippen LogP contribution is 2.28. The van der Waals surface area contributed by atoms with Crippen LogP contribution in [0.4, 0.5) is 11.4 Å². The normalized spacial score (nSPS) is 13.9. The summed E-state index contributed by atoms with van der Waals surface area (Å²) in [6.45, 7) is 2.24. The lowest BCUT2D eigenvalue weighted by molar-refractivity contribution is -0.116. The van der Waals surface area contributed by atoms with Gasteiger partial charge < -0.3 is 19.7 Å². The number of nitrogens with zero attached hydrogens (tertiary/aromatic N) is 1. The maximum Gasteiger partial charge on any atom is 0.224 e. The Morgan fingerprint density at radius 2 is 1.67 bits per heavy atom. The van der Waals surface area contributed by atoms with Crippen molar-refractivity contribution in [3.8, 4) is 11.5 Å². The molecule has 3 rings (SSSR count). The Morgan fingerprint density at radius 1 is 0.963 bits per heavy atom. The van der Waals surface area contributed by atoms with Gasteiger partial charge in [-0.1, -0.05) is 6.07 Å². The summed E-state index contributed by atoms with van der Waals surface area (Å²) in [7, 11) is 3.23. The first kappa shape index (κ1) is 19.1. The molecule has 5 heteroatoms.